The minimum Gasteiger partial charge on any atom is -0.486 e. The smallest absolute Gasteiger partial charge is 0.224 e. The van der Waals surface area contributed by atoms with Gasteiger partial charge in [0.15, 0.2) is 23.1 Å². The third-order valence-electron chi connectivity index (χ3n) is 3.79. The van der Waals surface area contributed by atoms with Crippen molar-refractivity contribution in [2.45, 2.75) is 19.4 Å². The van der Waals surface area contributed by atoms with Crippen LogP contribution in [0, 0.1) is 11.6 Å². The number of halogens is 2. The molecule has 1 atom stereocenters. The van der Waals surface area contributed by atoms with Gasteiger partial charge in [-0.3, -0.25) is 4.79 Å². The molecule has 0 aliphatic carbocycles. The highest BCUT2D eigenvalue weighted by Gasteiger charge is 2.15. The number of hydrogen-bond acceptors (Lipinski definition) is 3. The molecule has 6 heteroatoms. The second-order valence-corrected chi connectivity index (χ2v) is 5.62. The average Bonchev–Trinajstić information content (AvgIpc) is 2.57. The molecule has 2 aromatic carbocycles. The molecule has 0 radical (unpaired) electrons. The third-order valence-corrected chi connectivity index (χ3v) is 3.79. The van der Waals surface area contributed by atoms with E-state index in [4.69, 9.17) is 9.47 Å². The lowest BCUT2D eigenvalue weighted by Crippen LogP contribution is -2.28. The topological polar surface area (TPSA) is 47.6 Å². The van der Waals surface area contributed by atoms with Gasteiger partial charge >= 0.3 is 0 Å². The monoisotopic (exact) mass is 333 g/mol. The first kappa shape index (κ1) is 16.2. The number of ether oxygens (including phenoxy) is 2. The van der Waals surface area contributed by atoms with Crippen molar-refractivity contribution in [1.29, 1.82) is 0 Å². The predicted octanol–water partition coefficient (Wildman–Crippen LogP) is 3.16. The first-order chi connectivity index (χ1) is 11.5. The highest BCUT2D eigenvalue weighted by Crippen LogP contribution is 2.30. The average molecular weight is 333 g/mol. The number of carbonyl (C=O) groups is 1. The maximum Gasteiger partial charge on any atom is 0.224 e. The molecule has 3 rings (SSSR count). The van der Waals surface area contributed by atoms with Crippen molar-refractivity contribution in [2.24, 2.45) is 0 Å². The summed E-state index contributed by atoms with van der Waals surface area (Å²) < 4.78 is 37.2. The van der Waals surface area contributed by atoms with Gasteiger partial charge < -0.3 is 14.8 Å². The summed E-state index contributed by atoms with van der Waals surface area (Å²) in [6.45, 7) is 2.71. The highest BCUT2D eigenvalue weighted by molar-refractivity contribution is 5.79. The van der Waals surface area contributed by atoms with Gasteiger partial charge in [-0.05, 0) is 42.3 Å². The summed E-state index contributed by atoms with van der Waals surface area (Å²) in [5.74, 6) is -0.765. The van der Waals surface area contributed by atoms with Crippen LogP contribution in [0.15, 0.2) is 36.4 Å². The van der Waals surface area contributed by atoms with Gasteiger partial charge in [-0.2, -0.15) is 0 Å². The lowest BCUT2D eigenvalue weighted by atomic mass is 10.1. The fourth-order valence-corrected chi connectivity index (χ4v) is 2.54. The molecule has 1 aliphatic heterocycles. The zero-order valence-electron chi connectivity index (χ0n) is 13.1. The number of nitrogens with one attached hydrogen (secondary N) is 1. The van der Waals surface area contributed by atoms with Crippen LogP contribution in [-0.2, 0) is 11.2 Å². The molecule has 0 spiro atoms. The molecule has 1 aliphatic rings. The largest absolute Gasteiger partial charge is 0.486 e. The minimum absolute atomic E-state index is 0.157. The number of rotatable bonds is 4. The van der Waals surface area contributed by atoms with E-state index in [2.05, 4.69) is 5.32 Å². The molecule has 126 valence electrons. The second kappa shape index (κ2) is 6.86. The van der Waals surface area contributed by atoms with Crippen LogP contribution in [0.1, 0.15) is 24.1 Å². The SMILES string of the molecule is C[C@H](NC(=O)Cc1ccc2c(c1)OCCO2)c1ccc(F)c(F)c1. The molecule has 0 bridgehead atoms. The quantitative estimate of drug-likeness (QED) is 0.935. The Balaban J connectivity index is 1.63. The lowest BCUT2D eigenvalue weighted by Gasteiger charge is -2.19. The van der Waals surface area contributed by atoms with Gasteiger partial charge in [-0.1, -0.05) is 12.1 Å². The zero-order chi connectivity index (χ0) is 17.1. The van der Waals surface area contributed by atoms with Crippen LogP contribution in [0.5, 0.6) is 11.5 Å². The fraction of sp³-hybridized carbons (Fsp3) is 0.278. The number of hydrogen-bond donors (Lipinski definition) is 1. The third kappa shape index (κ3) is 3.64. The van der Waals surface area contributed by atoms with E-state index < -0.39 is 17.7 Å². The Bertz CT molecular complexity index is 764. The summed E-state index contributed by atoms with van der Waals surface area (Å²) in [6.07, 6.45) is 0.157. The predicted molar refractivity (Wildman–Crippen MR) is 84.1 cm³/mol. The Morgan fingerprint density at radius 2 is 1.83 bits per heavy atom. The molecule has 0 saturated heterocycles. The lowest BCUT2D eigenvalue weighted by molar-refractivity contribution is -0.121. The van der Waals surface area contributed by atoms with Gasteiger partial charge in [0, 0.05) is 0 Å². The number of amides is 1. The van der Waals surface area contributed by atoms with Crippen LogP contribution in [0.4, 0.5) is 8.78 Å². The highest BCUT2D eigenvalue weighted by atomic mass is 19.2. The maximum absolute atomic E-state index is 13.3. The Morgan fingerprint density at radius 1 is 1.08 bits per heavy atom. The van der Waals surface area contributed by atoms with E-state index in [1.807, 2.05) is 0 Å². The molecule has 1 heterocycles. The molecule has 24 heavy (non-hydrogen) atoms. The Kier molecular flexibility index (Phi) is 4.64. The second-order valence-electron chi connectivity index (χ2n) is 5.62. The molecule has 1 amide bonds. The van der Waals surface area contributed by atoms with Crippen molar-refractivity contribution in [3.63, 3.8) is 0 Å². The molecule has 0 unspecified atom stereocenters. The standard InChI is InChI=1S/C18H17F2NO3/c1-11(13-3-4-14(19)15(20)10-13)21-18(22)9-12-2-5-16-17(8-12)24-7-6-23-16/h2-5,8,10-11H,6-7,9H2,1H3,(H,21,22)/t11-/m0/s1. The molecule has 0 saturated carbocycles. The number of benzene rings is 2. The Labute approximate surface area is 138 Å². The van der Waals surface area contributed by atoms with E-state index in [0.29, 0.717) is 30.3 Å². The first-order valence-electron chi connectivity index (χ1n) is 7.66. The van der Waals surface area contributed by atoms with Crippen molar-refractivity contribution in [3.8, 4) is 11.5 Å². The maximum atomic E-state index is 13.3. The summed E-state index contributed by atoms with van der Waals surface area (Å²) in [6, 6.07) is 8.51. The normalized spacial score (nSPS) is 14.1. The molecule has 1 N–H and O–H groups in total. The van der Waals surface area contributed by atoms with Gasteiger partial charge in [-0.15, -0.1) is 0 Å². The minimum atomic E-state index is -0.930. The van der Waals surface area contributed by atoms with Crippen molar-refractivity contribution in [2.75, 3.05) is 13.2 Å². The molecular weight excluding hydrogens is 316 g/mol. The first-order valence-corrected chi connectivity index (χ1v) is 7.66. The fourth-order valence-electron chi connectivity index (χ4n) is 2.54. The Morgan fingerprint density at radius 3 is 2.58 bits per heavy atom. The van der Waals surface area contributed by atoms with Gasteiger partial charge in [0.2, 0.25) is 5.91 Å². The van der Waals surface area contributed by atoms with Gasteiger partial charge in [0.25, 0.3) is 0 Å². The van der Waals surface area contributed by atoms with Crippen LogP contribution < -0.4 is 14.8 Å². The van der Waals surface area contributed by atoms with Crippen LogP contribution in [0.3, 0.4) is 0 Å². The molecule has 2 aromatic rings. The molecule has 0 aromatic heterocycles. The van der Waals surface area contributed by atoms with E-state index in [0.717, 1.165) is 17.7 Å². The van der Waals surface area contributed by atoms with E-state index in [1.54, 1.807) is 25.1 Å². The van der Waals surface area contributed by atoms with Crippen LogP contribution in [0.25, 0.3) is 0 Å². The van der Waals surface area contributed by atoms with Crippen molar-refractivity contribution >= 4 is 5.91 Å². The van der Waals surface area contributed by atoms with Gasteiger partial charge in [-0.25, -0.2) is 8.78 Å². The van der Waals surface area contributed by atoms with E-state index in [9.17, 15) is 13.6 Å². The number of fused-ring (bicyclic) bond motifs is 1. The van der Waals surface area contributed by atoms with Crippen LogP contribution in [-0.4, -0.2) is 19.1 Å². The van der Waals surface area contributed by atoms with E-state index in [-0.39, 0.29) is 12.3 Å². The molecule has 0 fully saturated rings. The van der Waals surface area contributed by atoms with Gasteiger partial charge in [0.05, 0.1) is 12.5 Å². The Hall–Kier alpha value is -2.63. The molecular formula is C18H17F2NO3. The number of carbonyl (C=O) groups excluding carboxylic acids is 1. The zero-order valence-corrected chi connectivity index (χ0v) is 13.1. The van der Waals surface area contributed by atoms with Crippen LogP contribution >= 0.6 is 0 Å². The van der Waals surface area contributed by atoms with E-state index in [1.165, 1.54) is 6.07 Å². The summed E-state index contributed by atoms with van der Waals surface area (Å²) in [4.78, 5) is 12.2. The molecule has 4 nitrogen and oxygen atoms in total. The van der Waals surface area contributed by atoms with Crippen molar-refractivity contribution < 1.29 is 23.0 Å². The van der Waals surface area contributed by atoms with Crippen LogP contribution in [0.2, 0.25) is 0 Å². The van der Waals surface area contributed by atoms with Gasteiger partial charge in [0.1, 0.15) is 13.2 Å². The summed E-state index contributed by atoms with van der Waals surface area (Å²) in [5, 5.41) is 2.77. The van der Waals surface area contributed by atoms with E-state index >= 15 is 0 Å². The summed E-state index contributed by atoms with van der Waals surface area (Å²) in [7, 11) is 0. The van der Waals surface area contributed by atoms with Crippen molar-refractivity contribution in [1.82, 2.24) is 5.32 Å². The summed E-state index contributed by atoms with van der Waals surface area (Å²) >= 11 is 0. The summed E-state index contributed by atoms with van der Waals surface area (Å²) in [5.41, 5.74) is 1.29. The van der Waals surface area contributed by atoms with Crippen molar-refractivity contribution in [3.05, 3.63) is 59.2 Å².